The van der Waals surface area contributed by atoms with Crippen LogP contribution in [-0.2, 0) is 9.59 Å². The van der Waals surface area contributed by atoms with Crippen molar-refractivity contribution in [2.24, 2.45) is 0 Å². The number of aliphatic hydroxyl groups excluding tert-OH is 1. The van der Waals surface area contributed by atoms with Crippen LogP contribution in [0.1, 0.15) is 49.4 Å². The number of piperazine rings is 1. The Balaban J connectivity index is 1.59. The summed E-state index contributed by atoms with van der Waals surface area (Å²) >= 11 is 0. The molecule has 0 radical (unpaired) electrons. The first-order valence-electron chi connectivity index (χ1n) is 14.1. The summed E-state index contributed by atoms with van der Waals surface area (Å²) in [7, 11) is 2.11. The molecule has 3 aromatic carbocycles. The van der Waals surface area contributed by atoms with Crippen molar-refractivity contribution in [2.75, 3.05) is 49.6 Å². The Labute approximate surface area is 241 Å². The van der Waals surface area contributed by atoms with E-state index in [2.05, 4.69) is 16.8 Å². The second-order valence-corrected chi connectivity index (χ2v) is 10.9. The van der Waals surface area contributed by atoms with Crippen molar-refractivity contribution < 1.29 is 24.5 Å². The van der Waals surface area contributed by atoms with E-state index in [0.717, 1.165) is 43.2 Å². The number of carbonyl (C=O) groups excluding carboxylic acids is 2. The summed E-state index contributed by atoms with van der Waals surface area (Å²) in [6, 6.07) is 18.4. The summed E-state index contributed by atoms with van der Waals surface area (Å²) in [5.41, 5.74) is 3.53. The molecule has 8 nitrogen and oxygen atoms in total. The van der Waals surface area contributed by atoms with E-state index in [1.807, 2.05) is 51.1 Å². The predicted octanol–water partition coefficient (Wildman–Crippen LogP) is 5.29. The van der Waals surface area contributed by atoms with Crippen LogP contribution in [0.5, 0.6) is 11.5 Å². The van der Waals surface area contributed by atoms with E-state index in [1.165, 1.54) is 17.0 Å². The van der Waals surface area contributed by atoms with E-state index in [4.69, 9.17) is 4.74 Å². The van der Waals surface area contributed by atoms with Gasteiger partial charge in [0.05, 0.1) is 18.2 Å². The summed E-state index contributed by atoms with van der Waals surface area (Å²) in [5, 5.41) is 21.5. The topological polar surface area (TPSA) is 93.5 Å². The van der Waals surface area contributed by atoms with Gasteiger partial charge in [0, 0.05) is 43.1 Å². The number of Topliss-reactive ketones (excluding diaryl/α,β-unsaturated/α-hetero) is 1. The quantitative estimate of drug-likeness (QED) is 0.232. The van der Waals surface area contributed by atoms with Crippen LogP contribution >= 0.6 is 0 Å². The molecule has 2 fully saturated rings. The third-order valence-electron chi connectivity index (χ3n) is 7.85. The molecule has 2 aliphatic rings. The van der Waals surface area contributed by atoms with Gasteiger partial charge in [-0.05, 0) is 85.6 Å². The fourth-order valence-corrected chi connectivity index (χ4v) is 5.55. The highest BCUT2D eigenvalue weighted by molar-refractivity contribution is 6.51. The van der Waals surface area contributed by atoms with Gasteiger partial charge in [-0.1, -0.05) is 26.0 Å². The van der Waals surface area contributed by atoms with Gasteiger partial charge in [0.15, 0.2) is 0 Å². The molecule has 214 valence electrons. The largest absolute Gasteiger partial charge is 0.508 e. The van der Waals surface area contributed by atoms with Gasteiger partial charge in [0.25, 0.3) is 11.7 Å². The van der Waals surface area contributed by atoms with Gasteiger partial charge >= 0.3 is 0 Å². The standard InChI is InChI=1S/C33H37N3O5/c1-5-41-28-15-8-23(20-27(28)21(2)3)31(38)29-30(22-6-13-26(37)14-7-22)36(33(40)32(29)39)25-11-9-24(10-12-25)35-18-16-34(4)17-19-35/h6-15,20-21,30,37-38H,5,16-19H2,1-4H3/b31-29-. The van der Waals surface area contributed by atoms with Crippen molar-refractivity contribution in [1.82, 2.24) is 4.90 Å². The average molecular weight is 556 g/mol. The fourth-order valence-electron chi connectivity index (χ4n) is 5.55. The van der Waals surface area contributed by atoms with Crippen LogP contribution < -0.4 is 14.5 Å². The van der Waals surface area contributed by atoms with E-state index in [1.54, 1.807) is 24.3 Å². The second kappa shape index (κ2) is 11.7. The number of anilines is 2. The van der Waals surface area contributed by atoms with Gasteiger partial charge in [-0.15, -0.1) is 0 Å². The fraction of sp³-hybridized carbons (Fsp3) is 0.333. The smallest absolute Gasteiger partial charge is 0.300 e. The van der Waals surface area contributed by atoms with Gasteiger partial charge in [0.1, 0.15) is 17.3 Å². The van der Waals surface area contributed by atoms with Crippen LogP contribution in [0.2, 0.25) is 0 Å². The predicted molar refractivity (Wildman–Crippen MR) is 161 cm³/mol. The zero-order valence-electron chi connectivity index (χ0n) is 24.0. The maximum Gasteiger partial charge on any atom is 0.300 e. The second-order valence-electron chi connectivity index (χ2n) is 10.9. The summed E-state index contributed by atoms with van der Waals surface area (Å²) in [5.74, 6) is -0.831. The molecule has 0 aliphatic carbocycles. The van der Waals surface area contributed by atoms with Crippen LogP contribution in [0.15, 0.2) is 72.3 Å². The Hall–Kier alpha value is -4.30. The highest BCUT2D eigenvalue weighted by atomic mass is 16.5. The SMILES string of the molecule is CCOc1ccc(/C(O)=C2/C(=O)C(=O)N(c3ccc(N4CCN(C)CC4)cc3)C2c2ccc(O)cc2)cc1C(C)C. The molecular formula is C33H37N3O5. The van der Waals surface area contributed by atoms with Crippen LogP contribution in [0.25, 0.3) is 5.76 Å². The molecule has 5 rings (SSSR count). The minimum absolute atomic E-state index is 0.00250. The maximum absolute atomic E-state index is 13.6. The highest BCUT2D eigenvalue weighted by Gasteiger charge is 2.47. The molecular weight excluding hydrogens is 518 g/mol. The molecule has 0 bridgehead atoms. The number of phenolic OH excluding ortho intramolecular Hbond substituents is 1. The molecule has 8 heteroatoms. The number of aliphatic hydroxyl groups is 1. The Bertz CT molecular complexity index is 1460. The normalized spacial score (nSPS) is 19.3. The number of rotatable bonds is 7. The lowest BCUT2D eigenvalue weighted by Crippen LogP contribution is -2.44. The molecule has 0 spiro atoms. The minimum atomic E-state index is -0.876. The Morgan fingerprint density at radius 1 is 0.927 bits per heavy atom. The van der Waals surface area contributed by atoms with Crippen LogP contribution in [0, 0.1) is 0 Å². The number of aromatic hydroxyl groups is 1. The third kappa shape index (κ3) is 5.52. The summed E-state index contributed by atoms with van der Waals surface area (Å²) in [6.45, 7) is 10.2. The number of ether oxygens (including phenoxy) is 1. The van der Waals surface area contributed by atoms with Gasteiger partial charge in [-0.25, -0.2) is 0 Å². The van der Waals surface area contributed by atoms with Crippen molar-refractivity contribution in [2.45, 2.75) is 32.7 Å². The number of hydrogen-bond donors (Lipinski definition) is 2. The van der Waals surface area contributed by atoms with Gasteiger partial charge < -0.3 is 24.7 Å². The molecule has 2 N–H and O–H groups in total. The van der Waals surface area contributed by atoms with Crippen LogP contribution in [0.3, 0.4) is 0 Å². The van der Waals surface area contributed by atoms with Gasteiger partial charge in [0.2, 0.25) is 0 Å². The van der Waals surface area contributed by atoms with E-state index < -0.39 is 17.7 Å². The number of nitrogens with zero attached hydrogens (tertiary/aromatic N) is 3. The molecule has 0 saturated carbocycles. The maximum atomic E-state index is 13.6. The van der Waals surface area contributed by atoms with Crippen LogP contribution in [0.4, 0.5) is 11.4 Å². The Morgan fingerprint density at radius 3 is 2.17 bits per heavy atom. The van der Waals surface area contributed by atoms with Crippen molar-refractivity contribution in [1.29, 1.82) is 0 Å². The molecule has 1 atom stereocenters. The average Bonchev–Trinajstić information content (AvgIpc) is 3.23. The lowest BCUT2D eigenvalue weighted by molar-refractivity contribution is -0.132. The van der Waals surface area contributed by atoms with Crippen molar-refractivity contribution in [3.8, 4) is 11.5 Å². The first-order valence-corrected chi connectivity index (χ1v) is 14.1. The van der Waals surface area contributed by atoms with Crippen molar-refractivity contribution in [3.05, 3.63) is 89.0 Å². The minimum Gasteiger partial charge on any atom is -0.508 e. The molecule has 2 aliphatic heterocycles. The van der Waals surface area contributed by atoms with E-state index >= 15 is 0 Å². The zero-order chi connectivity index (χ0) is 29.3. The number of amides is 1. The number of ketones is 1. The molecule has 1 unspecified atom stereocenters. The van der Waals surface area contributed by atoms with Crippen molar-refractivity contribution in [3.63, 3.8) is 0 Å². The number of carbonyl (C=O) groups is 2. The number of likely N-dealkylation sites (N-methyl/N-ethyl adjacent to an activating group) is 1. The molecule has 1 amide bonds. The summed E-state index contributed by atoms with van der Waals surface area (Å²) < 4.78 is 5.78. The Kier molecular flexibility index (Phi) is 8.03. The van der Waals surface area contributed by atoms with Gasteiger partial charge in [-0.3, -0.25) is 14.5 Å². The number of benzene rings is 3. The molecule has 0 aromatic heterocycles. The van der Waals surface area contributed by atoms with E-state index in [0.29, 0.717) is 23.4 Å². The lowest BCUT2D eigenvalue weighted by Gasteiger charge is -2.34. The molecule has 41 heavy (non-hydrogen) atoms. The van der Waals surface area contributed by atoms with E-state index in [9.17, 15) is 19.8 Å². The first kappa shape index (κ1) is 28.2. The molecule has 2 heterocycles. The Morgan fingerprint density at radius 2 is 1.56 bits per heavy atom. The first-order chi connectivity index (χ1) is 19.7. The summed E-state index contributed by atoms with van der Waals surface area (Å²) in [4.78, 5) is 33.2. The molecule has 2 saturated heterocycles. The third-order valence-corrected chi connectivity index (χ3v) is 7.85. The summed E-state index contributed by atoms with van der Waals surface area (Å²) in [6.07, 6.45) is 0. The molecule has 3 aromatic rings. The number of phenols is 1. The number of hydrogen-bond acceptors (Lipinski definition) is 7. The highest BCUT2D eigenvalue weighted by Crippen LogP contribution is 2.43. The van der Waals surface area contributed by atoms with E-state index in [-0.39, 0.29) is 23.0 Å². The van der Waals surface area contributed by atoms with Crippen molar-refractivity contribution >= 4 is 28.8 Å². The lowest BCUT2D eigenvalue weighted by atomic mass is 9.93. The monoisotopic (exact) mass is 555 g/mol. The zero-order valence-corrected chi connectivity index (χ0v) is 24.0. The van der Waals surface area contributed by atoms with Crippen LogP contribution in [-0.4, -0.2) is 66.6 Å². The van der Waals surface area contributed by atoms with Gasteiger partial charge in [-0.2, -0.15) is 0 Å².